The van der Waals surface area contributed by atoms with Gasteiger partial charge in [-0.2, -0.15) is 10.4 Å². The number of nitrogens with zero attached hydrogens (tertiary/aromatic N) is 3. The monoisotopic (exact) mass is 165 g/mol. The zero-order valence-corrected chi connectivity index (χ0v) is 7.24. The van der Waals surface area contributed by atoms with Crippen molar-refractivity contribution in [2.75, 3.05) is 6.54 Å². The van der Waals surface area contributed by atoms with Crippen LogP contribution in [-0.2, 0) is 4.79 Å². The molecule has 0 spiro atoms. The van der Waals surface area contributed by atoms with Gasteiger partial charge in [-0.25, -0.2) is 5.01 Å². The van der Waals surface area contributed by atoms with E-state index in [0.717, 1.165) is 5.71 Å². The lowest BCUT2D eigenvalue weighted by atomic mass is 10.2. The van der Waals surface area contributed by atoms with Gasteiger partial charge in [-0.05, 0) is 13.8 Å². The van der Waals surface area contributed by atoms with Gasteiger partial charge in [0.15, 0.2) is 0 Å². The van der Waals surface area contributed by atoms with Crippen LogP contribution in [0.3, 0.4) is 0 Å². The van der Waals surface area contributed by atoms with Crippen molar-refractivity contribution in [1.82, 2.24) is 5.01 Å². The van der Waals surface area contributed by atoms with E-state index in [9.17, 15) is 4.79 Å². The van der Waals surface area contributed by atoms with E-state index in [-0.39, 0.29) is 11.8 Å². The van der Waals surface area contributed by atoms with Crippen molar-refractivity contribution in [3.05, 3.63) is 0 Å². The van der Waals surface area contributed by atoms with Gasteiger partial charge in [0.05, 0.1) is 25.0 Å². The van der Waals surface area contributed by atoms with Crippen molar-refractivity contribution in [3.63, 3.8) is 0 Å². The highest BCUT2D eigenvalue weighted by molar-refractivity contribution is 6.03. The lowest BCUT2D eigenvalue weighted by molar-refractivity contribution is -0.128. The van der Waals surface area contributed by atoms with Crippen molar-refractivity contribution in [1.29, 1.82) is 5.26 Å². The number of hydrogen-bond donors (Lipinski definition) is 0. The summed E-state index contributed by atoms with van der Waals surface area (Å²) in [6.45, 7) is 4.00. The number of rotatable bonds is 2. The molecular formula is C8H11N3O. The molecule has 0 aliphatic carbocycles. The van der Waals surface area contributed by atoms with Gasteiger partial charge in [0, 0.05) is 5.71 Å². The summed E-state index contributed by atoms with van der Waals surface area (Å²) in [7, 11) is 0. The second kappa shape index (κ2) is 3.35. The predicted octanol–water partition coefficient (Wildman–Crippen LogP) is 0.754. The summed E-state index contributed by atoms with van der Waals surface area (Å²) in [5.41, 5.74) is 0.824. The molecule has 4 heteroatoms. The molecule has 1 atom stereocenters. The summed E-state index contributed by atoms with van der Waals surface area (Å²) in [5.74, 6) is -0.154. The third kappa shape index (κ3) is 1.82. The van der Waals surface area contributed by atoms with Gasteiger partial charge < -0.3 is 0 Å². The molecule has 0 saturated carbocycles. The maximum Gasteiger partial charge on any atom is 0.248 e. The van der Waals surface area contributed by atoms with E-state index in [0.29, 0.717) is 13.0 Å². The van der Waals surface area contributed by atoms with E-state index < -0.39 is 0 Å². The largest absolute Gasteiger partial charge is 0.273 e. The van der Waals surface area contributed by atoms with Crippen LogP contribution in [-0.4, -0.2) is 23.2 Å². The maximum atomic E-state index is 11.1. The minimum Gasteiger partial charge on any atom is -0.273 e. The molecule has 4 nitrogen and oxygen atoms in total. The van der Waals surface area contributed by atoms with Gasteiger partial charge >= 0.3 is 0 Å². The highest BCUT2D eigenvalue weighted by Gasteiger charge is 2.22. The Morgan fingerprint density at radius 1 is 1.83 bits per heavy atom. The number of hydrazone groups is 1. The standard InChI is InChI=1S/C8H11N3O/c1-6(4-9)5-11-8(12)3-7(2)10-11/h6H,3,5H2,1-2H3. The molecule has 0 saturated heterocycles. The molecule has 0 fully saturated rings. The fourth-order valence-electron chi connectivity index (χ4n) is 1.05. The van der Waals surface area contributed by atoms with Crippen molar-refractivity contribution < 1.29 is 4.79 Å². The van der Waals surface area contributed by atoms with Crippen LogP contribution in [0, 0.1) is 17.2 Å². The Hall–Kier alpha value is -1.37. The molecular weight excluding hydrogens is 154 g/mol. The smallest absolute Gasteiger partial charge is 0.248 e. The van der Waals surface area contributed by atoms with Crippen LogP contribution in [0.5, 0.6) is 0 Å². The summed E-state index contributed by atoms with van der Waals surface area (Å²) in [4.78, 5) is 11.1. The summed E-state index contributed by atoms with van der Waals surface area (Å²) >= 11 is 0. The molecule has 1 aliphatic heterocycles. The Bertz CT molecular complexity index is 264. The fourth-order valence-corrected chi connectivity index (χ4v) is 1.05. The third-order valence-electron chi connectivity index (χ3n) is 1.65. The van der Waals surface area contributed by atoms with Crippen LogP contribution in [0.2, 0.25) is 0 Å². The Kier molecular flexibility index (Phi) is 2.44. The average Bonchev–Trinajstić information content (AvgIpc) is 2.30. The Labute approximate surface area is 71.5 Å². The SMILES string of the molecule is CC1=NN(CC(C)C#N)C(=O)C1. The second-order valence-electron chi connectivity index (χ2n) is 3.02. The van der Waals surface area contributed by atoms with Gasteiger partial charge in [0.25, 0.3) is 0 Å². The molecule has 1 rings (SSSR count). The van der Waals surface area contributed by atoms with Crippen molar-refractivity contribution in [3.8, 4) is 6.07 Å². The van der Waals surface area contributed by atoms with Crippen LogP contribution in [0.1, 0.15) is 20.3 Å². The average molecular weight is 165 g/mol. The number of carbonyl (C=O) groups is 1. The first-order valence-corrected chi connectivity index (χ1v) is 3.87. The first-order valence-electron chi connectivity index (χ1n) is 3.87. The highest BCUT2D eigenvalue weighted by atomic mass is 16.2. The van der Waals surface area contributed by atoms with Crippen LogP contribution >= 0.6 is 0 Å². The fraction of sp³-hybridized carbons (Fsp3) is 0.625. The predicted molar refractivity (Wildman–Crippen MR) is 44.2 cm³/mol. The molecule has 0 aromatic carbocycles. The molecule has 12 heavy (non-hydrogen) atoms. The molecule has 0 radical (unpaired) electrons. The molecule has 1 heterocycles. The Morgan fingerprint density at radius 3 is 2.92 bits per heavy atom. The van der Waals surface area contributed by atoms with Gasteiger partial charge in [-0.1, -0.05) is 0 Å². The van der Waals surface area contributed by atoms with Crippen molar-refractivity contribution in [2.45, 2.75) is 20.3 Å². The molecule has 64 valence electrons. The van der Waals surface area contributed by atoms with Crippen LogP contribution < -0.4 is 0 Å². The Morgan fingerprint density at radius 2 is 2.50 bits per heavy atom. The van der Waals surface area contributed by atoms with E-state index >= 15 is 0 Å². The molecule has 0 N–H and O–H groups in total. The molecule has 1 amide bonds. The van der Waals surface area contributed by atoms with Gasteiger partial charge in [-0.3, -0.25) is 4.79 Å². The lowest BCUT2D eigenvalue weighted by Gasteiger charge is -2.11. The van der Waals surface area contributed by atoms with Gasteiger partial charge in [0.1, 0.15) is 0 Å². The maximum absolute atomic E-state index is 11.1. The first kappa shape index (κ1) is 8.72. The number of nitriles is 1. The minimum atomic E-state index is -0.149. The van der Waals surface area contributed by atoms with E-state index in [1.54, 1.807) is 6.92 Å². The van der Waals surface area contributed by atoms with E-state index in [1.807, 2.05) is 6.92 Å². The van der Waals surface area contributed by atoms with Gasteiger partial charge in [-0.15, -0.1) is 0 Å². The van der Waals surface area contributed by atoms with Crippen LogP contribution in [0.25, 0.3) is 0 Å². The summed E-state index contributed by atoms with van der Waals surface area (Å²) in [5, 5.41) is 13.9. The van der Waals surface area contributed by atoms with Crippen LogP contribution in [0.4, 0.5) is 0 Å². The summed E-state index contributed by atoms with van der Waals surface area (Å²) in [6, 6.07) is 2.06. The summed E-state index contributed by atoms with van der Waals surface area (Å²) < 4.78 is 0. The van der Waals surface area contributed by atoms with Crippen molar-refractivity contribution in [2.24, 2.45) is 11.0 Å². The van der Waals surface area contributed by atoms with E-state index in [1.165, 1.54) is 5.01 Å². The molecule has 0 aromatic heterocycles. The quantitative estimate of drug-likeness (QED) is 0.606. The minimum absolute atomic E-state index is 0.00500. The normalized spacial score (nSPS) is 18.9. The highest BCUT2D eigenvalue weighted by Crippen LogP contribution is 2.09. The first-order chi connectivity index (χ1) is 5.63. The molecule has 1 aliphatic rings. The topological polar surface area (TPSA) is 56.5 Å². The van der Waals surface area contributed by atoms with E-state index in [2.05, 4.69) is 11.2 Å². The van der Waals surface area contributed by atoms with Crippen LogP contribution in [0.15, 0.2) is 5.10 Å². The molecule has 1 unspecified atom stereocenters. The van der Waals surface area contributed by atoms with E-state index in [4.69, 9.17) is 5.26 Å². The van der Waals surface area contributed by atoms with Crippen molar-refractivity contribution >= 4 is 11.6 Å². The number of hydrogen-bond acceptors (Lipinski definition) is 3. The third-order valence-corrected chi connectivity index (χ3v) is 1.65. The Balaban J connectivity index is 2.54. The zero-order chi connectivity index (χ0) is 9.14. The molecule has 0 bridgehead atoms. The second-order valence-corrected chi connectivity index (χ2v) is 3.02. The lowest BCUT2D eigenvalue weighted by Crippen LogP contribution is -2.25. The number of carbonyl (C=O) groups excluding carboxylic acids is 1. The number of amides is 1. The van der Waals surface area contributed by atoms with Gasteiger partial charge in [0.2, 0.25) is 5.91 Å². The summed E-state index contributed by atoms with van der Waals surface area (Å²) in [6.07, 6.45) is 0.401. The zero-order valence-electron chi connectivity index (χ0n) is 7.24. The molecule has 0 aromatic rings.